The number of Topliss-reactive ketones (excluding diaryl/α,β-unsaturated/α-hetero) is 1. The van der Waals surface area contributed by atoms with Gasteiger partial charge < -0.3 is 14.8 Å². The fourth-order valence-corrected chi connectivity index (χ4v) is 3.49. The molecule has 1 aliphatic carbocycles. The molecule has 27 heavy (non-hydrogen) atoms. The first-order valence-electron chi connectivity index (χ1n) is 9.70. The van der Waals surface area contributed by atoms with E-state index in [2.05, 4.69) is 26.1 Å². The van der Waals surface area contributed by atoms with Crippen LogP contribution in [0.4, 0.5) is 0 Å². The third-order valence-electron chi connectivity index (χ3n) is 5.11. The van der Waals surface area contributed by atoms with Crippen LogP contribution in [0.25, 0.3) is 6.08 Å². The molecule has 0 unspecified atom stereocenters. The molecular weight excluding hydrogens is 342 g/mol. The monoisotopic (exact) mass is 373 g/mol. The minimum Gasteiger partial charge on any atom is -0.493 e. The number of benzene rings is 1. The van der Waals surface area contributed by atoms with Crippen LogP contribution in [0.3, 0.4) is 0 Å². The summed E-state index contributed by atoms with van der Waals surface area (Å²) in [4.78, 5) is 24.5. The van der Waals surface area contributed by atoms with Gasteiger partial charge in [-0.1, -0.05) is 26.8 Å². The van der Waals surface area contributed by atoms with Gasteiger partial charge in [0, 0.05) is 12.5 Å². The molecule has 0 aliphatic heterocycles. The van der Waals surface area contributed by atoms with Crippen molar-refractivity contribution in [1.82, 2.24) is 5.32 Å². The molecule has 5 nitrogen and oxygen atoms in total. The largest absolute Gasteiger partial charge is 0.493 e. The molecule has 1 N–H and O–H groups in total. The number of nitrogens with one attached hydrogen (secondary N) is 1. The lowest BCUT2D eigenvalue weighted by Crippen LogP contribution is -2.30. The highest BCUT2D eigenvalue weighted by atomic mass is 16.5. The summed E-state index contributed by atoms with van der Waals surface area (Å²) in [5, 5.41) is 2.69. The summed E-state index contributed by atoms with van der Waals surface area (Å²) in [7, 11) is 1.56. The molecule has 1 fully saturated rings. The number of carbonyl (C=O) groups is 2. The number of ketones is 1. The number of hydrogen-bond acceptors (Lipinski definition) is 4. The van der Waals surface area contributed by atoms with Crippen molar-refractivity contribution >= 4 is 17.8 Å². The predicted octanol–water partition coefficient (Wildman–Crippen LogP) is 3.86. The second kappa shape index (κ2) is 9.58. The maximum Gasteiger partial charge on any atom is 0.257 e. The summed E-state index contributed by atoms with van der Waals surface area (Å²) in [5.74, 6) is 1.86. The Balaban J connectivity index is 2.21. The van der Waals surface area contributed by atoms with E-state index in [1.807, 2.05) is 25.1 Å². The maximum atomic E-state index is 12.9. The molecule has 1 aliphatic rings. The summed E-state index contributed by atoms with van der Waals surface area (Å²) in [6.45, 7) is 8.70. The van der Waals surface area contributed by atoms with E-state index in [4.69, 9.17) is 9.47 Å². The normalized spacial score (nSPS) is 21.4. The van der Waals surface area contributed by atoms with Gasteiger partial charge in [0.05, 0.1) is 7.11 Å². The molecule has 0 heterocycles. The number of rotatable bonds is 7. The fraction of sp³-hybridized carbons (Fsp3) is 0.545. The Labute approximate surface area is 162 Å². The minimum atomic E-state index is -0.174. The molecule has 1 aromatic carbocycles. The van der Waals surface area contributed by atoms with Crippen LogP contribution in [0.1, 0.15) is 46.1 Å². The number of hydrogen-bond donors (Lipinski definition) is 1. The van der Waals surface area contributed by atoms with Crippen LogP contribution in [0.15, 0.2) is 23.8 Å². The van der Waals surface area contributed by atoms with E-state index in [1.165, 1.54) is 0 Å². The highest BCUT2D eigenvalue weighted by Crippen LogP contribution is 2.36. The smallest absolute Gasteiger partial charge is 0.257 e. The average molecular weight is 373 g/mol. The molecule has 0 saturated heterocycles. The molecule has 1 aromatic rings. The first-order chi connectivity index (χ1) is 12.9. The lowest BCUT2D eigenvalue weighted by molar-refractivity contribution is -0.123. The molecule has 0 aromatic heterocycles. The van der Waals surface area contributed by atoms with E-state index in [0.29, 0.717) is 24.0 Å². The molecule has 2 rings (SSSR count). The van der Waals surface area contributed by atoms with Gasteiger partial charge in [-0.05, 0) is 60.9 Å². The molecule has 5 heteroatoms. The van der Waals surface area contributed by atoms with Crippen molar-refractivity contribution < 1.29 is 19.1 Å². The van der Waals surface area contributed by atoms with Gasteiger partial charge in [-0.3, -0.25) is 9.59 Å². The molecule has 148 valence electrons. The number of likely N-dealkylation sites (N-methyl/N-ethyl adjacent to an activating group) is 1. The summed E-state index contributed by atoms with van der Waals surface area (Å²) in [6, 6.07) is 5.52. The zero-order valence-corrected chi connectivity index (χ0v) is 17.0. The number of amides is 1. The number of ether oxygens (including phenoxy) is 2. The minimum absolute atomic E-state index is 0.0593. The molecule has 0 radical (unpaired) electrons. The lowest BCUT2D eigenvalue weighted by Gasteiger charge is -2.30. The Bertz CT molecular complexity index is 708. The van der Waals surface area contributed by atoms with Gasteiger partial charge in [0.25, 0.3) is 5.91 Å². The van der Waals surface area contributed by atoms with Gasteiger partial charge in [0.2, 0.25) is 0 Å². The Kier molecular flexibility index (Phi) is 7.45. The zero-order chi connectivity index (χ0) is 20.0. The van der Waals surface area contributed by atoms with Crippen LogP contribution in [-0.2, 0) is 9.59 Å². The second-order valence-corrected chi connectivity index (χ2v) is 7.45. The molecule has 1 amide bonds. The highest BCUT2D eigenvalue weighted by molar-refractivity contribution is 6.02. The molecule has 2 atom stereocenters. The standard InChI is InChI=1S/C22H31NO4/c1-6-23-21(24)13-27-19-10-8-16(12-20(19)26-5)11-18-15(4)7-9-17(14(2)3)22(18)25/h8,10-12,14-15,17H,6-7,9,13H2,1-5H3,(H,23,24)/t15-,17-/m0/s1. The fourth-order valence-electron chi connectivity index (χ4n) is 3.49. The van der Waals surface area contributed by atoms with Crippen molar-refractivity contribution in [3.8, 4) is 11.5 Å². The van der Waals surface area contributed by atoms with E-state index in [0.717, 1.165) is 24.0 Å². The van der Waals surface area contributed by atoms with Crippen molar-refractivity contribution in [2.75, 3.05) is 20.3 Å². The van der Waals surface area contributed by atoms with Crippen LogP contribution in [-0.4, -0.2) is 32.0 Å². The van der Waals surface area contributed by atoms with E-state index in [-0.39, 0.29) is 30.1 Å². The zero-order valence-electron chi connectivity index (χ0n) is 17.0. The molecule has 1 saturated carbocycles. The summed E-state index contributed by atoms with van der Waals surface area (Å²) >= 11 is 0. The third-order valence-corrected chi connectivity index (χ3v) is 5.11. The first kappa shape index (κ1) is 21.0. The van der Waals surface area contributed by atoms with Crippen molar-refractivity contribution in [3.63, 3.8) is 0 Å². The van der Waals surface area contributed by atoms with Crippen LogP contribution in [0.2, 0.25) is 0 Å². The Morgan fingerprint density at radius 1 is 1.30 bits per heavy atom. The van der Waals surface area contributed by atoms with E-state index < -0.39 is 0 Å². The summed E-state index contributed by atoms with van der Waals surface area (Å²) in [5.41, 5.74) is 1.79. The van der Waals surface area contributed by atoms with Crippen molar-refractivity contribution in [3.05, 3.63) is 29.3 Å². The molecular formula is C22H31NO4. The van der Waals surface area contributed by atoms with Gasteiger partial charge in [-0.25, -0.2) is 0 Å². The quantitative estimate of drug-likeness (QED) is 0.737. The summed E-state index contributed by atoms with van der Waals surface area (Å²) in [6.07, 6.45) is 3.97. The van der Waals surface area contributed by atoms with Crippen LogP contribution in [0.5, 0.6) is 11.5 Å². The number of methoxy groups -OCH3 is 1. The maximum absolute atomic E-state index is 12.9. The molecule has 0 spiro atoms. The summed E-state index contributed by atoms with van der Waals surface area (Å²) < 4.78 is 11.0. The van der Waals surface area contributed by atoms with E-state index >= 15 is 0 Å². The Morgan fingerprint density at radius 2 is 2.04 bits per heavy atom. The molecule has 0 bridgehead atoms. The van der Waals surface area contributed by atoms with Crippen LogP contribution in [0, 0.1) is 17.8 Å². The lowest BCUT2D eigenvalue weighted by atomic mass is 9.73. The van der Waals surface area contributed by atoms with Gasteiger partial charge in [-0.15, -0.1) is 0 Å². The highest BCUT2D eigenvalue weighted by Gasteiger charge is 2.32. The SMILES string of the molecule is CCNC(=O)COc1ccc(C=C2C(=O)[C@H](C(C)C)CC[C@@H]2C)cc1OC. The predicted molar refractivity (Wildman–Crippen MR) is 107 cm³/mol. The third kappa shape index (κ3) is 5.34. The second-order valence-electron chi connectivity index (χ2n) is 7.45. The Morgan fingerprint density at radius 3 is 2.67 bits per heavy atom. The van der Waals surface area contributed by atoms with Crippen LogP contribution >= 0.6 is 0 Å². The number of carbonyl (C=O) groups excluding carboxylic acids is 2. The van der Waals surface area contributed by atoms with E-state index in [9.17, 15) is 9.59 Å². The van der Waals surface area contributed by atoms with Crippen molar-refractivity contribution in [1.29, 1.82) is 0 Å². The number of allylic oxidation sites excluding steroid dienone is 1. The van der Waals surface area contributed by atoms with E-state index in [1.54, 1.807) is 13.2 Å². The topological polar surface area (TPSA) is 64.6 Å². The van der Waals surface area contributed by atoms with Gasteiger partial charge in [-0.2, -0.15) is 0 Å². The average Bonchev–Trinajstić information content (AvgIpc) is 2.63. The van der Waals surface area contributed by atoms with Gasteiger partial charge in [0.1, 0.15) is 0 Å². The van der Waals surface area contributed by atoms with Gasteiger partial charge in [0.15, 0.2) is 23.9 Å². The Hall–Kier alpha value is -2.30. The first-order valence-corrected chi connectivity index (χ1v) is 9.70. The van der Waals surface area contributed by atoms with Crippen LogP contribution < -0.4 is 14.8 Å². The van der Waals surface area contributed by atoms with Crippen molar-refractivity contribution in [2.24, 2.45) is 17.8 Å². The van der Waals surface area contributed by atoms with Crippen molar-refractivity contribution in [2.45, 2.75) is 40.5 Å². The van der Waals surface area contributed by atoms with Gasteiger partial charge >= 0.3 is 0 Å².